The molecule has 1 aromatic carbocycles. The molecule has 0 fully saturated rings. The van der Waals surface area contributed by atoms with Crippen molar-refractivity contribution in [1.29, 1.82) is 0 Å². The number of nitrogens with zero attached hydrogens (tertiary/aromatic N) is 1. The van der Waals surface area contributed by atoms with E-state index in [2.05, 4.69) is 24.0 Å². The van der Waals surface area contributed by atoms with Crippen LogP contribution in [0.1, 0.15) is 33.3 Å². The molecule has 5 heteroatoms. The minimum absolute atomic E-state index is 0.267. The van der Waals surface area contributed by atoms with E-state index in [4.69, 9.17) is 10.5 Å². The molecule has 2 rings (SSSR count). The van der Waals surface area contributed by atoms with Gasteiger partial charge in [-0.05, 0) is 38.0 Å². The van der Waals surface area contributed by atoms with Gasteiger partial charge in [0.05, 0.1) is 12.3 Å². The van der Waals surface area contributed by atoms with Gasteiger partial charge in [0, 0.05) is 16.7 Å². The zero-order valence-corrected chi connectivity index (χ0v) is 13.5. The highest BCUT2D eigenvalue weighted by Gasteiger charge is 2.20. The van der Waals surface area contributed by atoms with E-state index in [0.29, 0.717) is 23.8 Å². The molecule has 0 aliphatic rings. The van der Waals surface area contributed by atoms with Crippen molar-refractivity contribution < 1.29 is 4.74 Å². The molecule has 118 valence electrons. The summed E-state index contributed by atoms with van der Waals surface area (Å²) in [7, 11) is 0. The molecule has 0 unspecified atom stereocenters. The van der Waals surface area contributed by atoms with E-state index in [-0.39, 0.29) is 5.56 Å². The van der Waals surface area contributed by atoms with Gasteiger partial charge in [0.1, 0.15) is 5.75 Å². The van der Waals surface area contributed by atoms with Gasteiger partial charge < -0.3 is 10.5 Å². The Morgan fingerprint density at radius 3 is 2.64 bits per heavy atom. The largest absolute Gasteiger partial charge is 0.493 e. The van der Waals surface area contributed by atoms with Crippen molar-refractivity contribution in [2.24, 2.45) is 11.7 Å². The number of para-hydroxylation sites is 1. The fourth-order valence-electron chi connectivity index (χ4n) is 2.08. The first-order valence-corrected chi connectivity index (χ1v) is 7.40. The maximum Gasteiger partial charge on any atom is 0.269 e. The summed E-state index contributed by atoms with van der Waals surface area (Å²) >= 11 is 0. The topological polar surface area (TPSA) is 81.0 Å². The molecule has 0 amide bonds. The smallest absolute Gasteiger partial charge is 0.269 e. The Morgan fingerprint density at radius 1 is 1.32 bits per heavy atom. The zero-order valence-electron chi connectivity index (χ0n) is 13.5. The van der Waals surface area contributed by atoms with Crippen molar-refractivity contribution in [3.63, 3.8) is 0 Å². The molecular weight excluding hydrogens is 278 g/mol. The Morgan fingerprint density at radius 2 is 2.00 bits per heavy atom. The molecule has 0 saturated heterocycles. The van der Waals surface area contributed by atoms with Gasteiger partial charge in [-0.2, -0.15) is 5.10 Å². The third-order valence-corrected chi connectivity index (χ3v) is 3.23. The molecule has 2 aromatic rings. The molecule has 5 nitrogen and oxygen atoms in total. The Bertz CT molecular complexity index is 700. The first-order chi connectivity index (χ1) is 10.3. The van der Waals surface area contributed by atoms with E-state index >= 15 is 0 Å². The molecule has 0 bridgehead atoms. The van der Waals surface area contributed by atoms with Gasteiger partial charge in [-0.1, -0.05) is 26.0 Å². The van der Waals surface area contributed by atoms with Crippen LogP contribution in [-0.4, -0.2) is 16.8 Å². The lowest BCUT2D eigenvalue weighted by Crippen LogP contribution is -2.35. The second-order valence-electron chi connectivity index (χ2n) is 6.42. The van der Waals surface area contributed by atoms with Gasteiger partial charge in [-0.15, -0.1) is 0 Å². The summed E-state index contributed by atoms with van der Waals surface area (Å²) in [4.78, 5) is 11.9. The van der Waals surface area contributed by atoms with Crippen molar-refractivity contribution in [2.75, 3.05) is 6.61 Å². The average Bonchev–Trinajstić information content (AvgIpc) is 2.45. The van der Waals surface area contributed by atoms with Crippen LogP contribution in [0, 0.1) is 5.92 Å². The Balaban J connectivity index is 2.47. The number of nitrogens with two attached hydrogens (primary N) is 1. The van der Waals surface area contributed by atoms with Gasteiger partial charge in [0.2, 0.25) is 0 Å². The predicted molar refractivity (Wildman–Crippen MR) is 87.8 cm³/mol. The summed E-state index contributed by atoms with van der Waals surface area (Å²) in [5.41, 5.74) is 7.04. The van der Waals surface area contributed by atoms with Crippen LogP contribution in [0.5, 0.6) is 5.75 Å². The third-order valence-electron chi connectivity index (χ3n) is 3.23. The molecule has 0 aliphatic heterocycles. The molecular formula is C17H23N3O2. The Labute approximate surface area is 130 Å². The third kappa shape index (κ3) is 3.74. The maximum atomic E-state index is 11.9. The lowest BCUT2D eigenvalue weighted by atomic mass is 9.96. The fourth-order valence-corrected chi connectivity index (χ4v) is 2.08. The number of hydrogen-bond acceptors (Lipinski definition) is 4. The molecule has 1 aromatic heterocycles. The minimum atomic E-state index is -0.737. The molecule has 3 N–H and O–H groups in total. The number of nitrogens with one attached hydrogen (secondary N) is 1. The van der Waals surface area contributed by atoms with Crippen molar-refractivity contribution in [2.45, 2.75) is 33.2 Å². The number of H-pyrrole nitrogens is 1. The van der Waals surface area contributed by atoms with Gasteiger partial charge in [0.25, 0.3) is 5.56 Å². The predicted octanol–water partition coefficient (Wildman–Crippen LogP) is 2.67. The highest BCUT2D eigenvalue weighted by molar-refractivity contribution is 5.67. The maximum absolute atomic E-state index is 11.9. The van der Waals surface area contributed by atoms with Crippen LogP contribution >= 0.6 is 0 Å². The standard InChI is InChI=1S/C17H23N3O2/c1-11(2)10-22-15-8-6-5-7-12(15)14-9-13(17(3,4)18)16(21)20-19-14/h5-9,11H,10,18H2,1-4H3,(H,20,21). The van der Waals surface area contributed by atoms with E-state index < -0.39 is 5.54 Å². The van der Waals surface area contributed by atoms with Gasteiger partial charge >= 0.3 is 0 Å². The Kier molecular flexibility index (Phi) is 4.66. The van der Waals surface area contributed by atoms with Crippen LogP contribution in [0.25, 0.3) is 11.3 Å². The molecule has 1 heterocycles. The van der Waals surface area contributed by atoms with Crippen molar-refractivity contribution in [3.8, 4) is 17.0 Å². The normalized spacial score (nSPS) is 11.7. The first-order valence-electron chi connectivity index (χ1n) is 7.40. The van der Waals surface area contributed by atoms with E-state index in [0.717, 1.165) is 11.3 Å². The monoisotopic (exact) mass is 301 g/mol. The van der Waals surface area contributed by atoms with E-state index in [9.17, 15) is 4.79 Å². The lowest BCUT2D eigenvalue weighted by molar-refractivity contribution is 0.272. The second kappa shape index (κ2) is 6.32. The highest BCUT2D eigenvalue weighted by Crippen LogP contribution is 2.29. The summed E-state index contributed by atoms with van der Waals surface area (Å²) in [6, 6.07) is 9.38. The Hall–Kier alpha value is -2.14. The molecule has 0 atom stereocenters. The number of aromatic nitrogens is 2. The number of rotatable bonds is 5. The van der Waals surface area contributed by atoms with Crippen LogP contribution in [0.2, 0.25) is 0 Å². The van der Waals surface area contributed by atoms with E-state index in [1.165, 1.54) is 0 Å². The van der Waals surface area contributed by atoms with Crippen molar-refractivity contribution in [1.82, 2.24) is 10.2 Å². The second-order valence-corrected chi connectivity index (χ2v) is 6.42. The minimum Gasteiger partial charge on any atom is -0.493 e. The molecule has 0 saturated carbocycles. The van der Waals surface area contributed by atoms with E-state index in [1.807, 2.05) is 24.3 Å². The number of hydrogen-bond donors (Lipinski definition) is 2. The SMILES string of the molecule is CC(C)COc1ccccc1-c1cc(C(C)(C)N)c(=O)[nH]n1. The summed E-state index contributed by atoms with van der Waals surface area (Å²) in [5.74, 6) is 1.17. The zero-order chi connectivity index (χ0) is 16.3. The van der Waals surface area contributed by atoms with Crippen LogP contribution in [0.4, 0.5) is 0 Å². The molecule has 22 heavy (non-hydrogen) atoms. The summed E-state index contributed by atoms with van der Waals surface area (Å²) < 4.78 is 5.85. The summed E-state index contributed by atoms with van der Waals surface area (Å²) in [5, 5.41) is 6.66. The number of ether oxygens (including phenoxy) is 1. The van der Waals surface area contributed by atoms with Crippen LogP contribution < -0.4 is 16.0 Å². The van der Waals surface area contributed by atoms with Gasteiger partial charge in [-0.25, -0.2) is 5.10 Å². The van der Waals surface area contributed by atoms with Crippen molar-refractivity contribution in [3.05, 3.63) is 46.2 Å². The van der Waals surface area contributed by atoms with Crippen LogP contribution in [0.15, 0.2) is 35.1 Å². The van der Waals surface area contributed by atoms with Crippen LogP contribution in [-0.2, 0) is 5.54 Å². The average molecular weight is 301 g/mol. The summed E-state index contributed by atoms with van der Waals surface area (Å²) in [6.07, 6.45) is 0. The fraction of sp³-hybridized carbons (Fsp3) is 0.412. The van der Waals surface area contributed by atoms with Crippen molar-refractivity contribution >= 4 is 0 Å². The van der Waals surface area contributed by atoms with Gasteiger partial charge in [0.15, 0.2) is 0 Å². The van der Waals surface area contributed by atoms with Gasteiger partial charge in [-0.3, -0.25) is 4.79 Å². The molecule has 0 spiro atoms. The first kappa shape index (κ1) is 16.2. The lowest BCUT2D eigenvalue weighted by Gasteiger charge is -2.19. The number of benzene rings is 1. The van der Waals surface area contributed by atoms with Crippen LogP contribution in [0.3, 0.4) is 0 Å². The highest BCUT2D eigenvalue weighted by atomic mass is 16.5. The molecule has 0 aliphatic carbocycles. The summed E-state index contributed by atoms with van der Waals surface area (Å²) in [6.45, 7) is 8.40. The number of aromatic amines is 1. The van der Waals surface area contributed by atoms with E-state index in [1.54, 1.807) is 19.9 Å². The quantitative estimate of drug-likeness (QED) is 0.889. The molecule has 0 radical (unpaired) electrons.